The fourth-order valence-electron chi connectivity index (χ4n) is 3.97. The molecule has 0 radical (unpaired) electrons. The van der Waals surface area contributed by atoms with Gasteiger partial charge in [-0.15, -0.1) is 0 Å². The fourth-order valence-corrected chi connectivity index (χ4v) is 3.97. The Morgan fingerprint density at radius 2 is 1.74 bits per heavy atom. The lowest BCUT2D eigenvalue weighted by Gasteiger charge is -2.09. The molecule has 0 aliphatic carbocycles. The van der Waals surface area contributed by atoms with Gasteiger partial charge in [0.2, 0.25) is 5.78 Å². The van der Waals surface area contributed by atoms with E-state index >= 15 is 0 Å². The molecule has 0 aliphatic heterocycles. The van der Waals surface area contributed by atoms with Crippen molar-refractivity contribution in [3.8, 4) is 0 Å². The van der Waals surface area contributed by atoms with E-state index in [0.29, 0.717) is 29.0 Å². The third kappa shape index (κ3) is 2.84. The maximum atomic E-state index is 13.4. The van der Waals surface area contributed by atoms with Crippen LogP contribution in [0, 0.1) is 19.7 Å². The first-order valence-electron chi connectivity index (χ1n) is 9.81. The zero-order valence-electron chi connectivity index (χ0n) is 17.3. The van der Waals surface area contributed by atoms with Crippen LogP contribution in [0.5, 0.6) is 0 Å². The molecule has 31 heavy (non-hydrogen) atoms. The molecule has 4 heterocycles. The number of hydrogen-bond acceptors (Lipinski definition) is 4. The molecule has 0 amide bonds. The van der Waals surface area contributed by atoms with Crippen molar-refractivity contribution >= 4 is 16.9 Å². The van der Waals surface area contributed by atoms with E-state index in [2.05, 4.69) is 4.98 Å². The molecule has 4 aromatic heterocycles. The van der Waals surface area contributed by atoms with Gasteiger partial charge >= 0.3 is 5.69 Å². The summed E-state index contributed by atoms with van der Waals surface area (Å²) in [5.74, 6) is 0.948. The van der Waals surface area contributed by atoms with E-state index in [0.717, 1.165) is 21.7 Å². The van der Waals surface area contributed by atoms with Crippen LogP contribution in [0.1, 0.15) is 22.7 Å². The van der Waals surface area contributed by atoms with Crippen LogP contribution < -0.4 is 11.2 Å². The van der Waals surface area contributed by atoms with Gasteiger partial charge in [0, 0.05) is 18.4 Å². The number of fused-ring (bicyclic) bond motifs is 3. The predicted molar refractivity (Wildman–Crippen MR) is 113 cm³/mol. The standard InChI is InChI=1S/C22H20FN5O3/c1-13-14(2)28-18-19(24-21(28)26(13)12-17-5-4-10-31-17)25(3)22(30)27(20(18)29)11-15-6-8-16(23)9-7-15/h4-10H,11-12H2,1-3H3. The second-order valence-electron chi connectivity index (χ2n) is 7.62. The lowest BCUT2D eigenvalue weighted by molar-refractivity contribution is 0.494. The summed E-state index contributed by atoms with van der Waals surface area (Å²) in [4.78, 5) is 31.0. The SMILES string of the molecule is Cc1c(C)n2c3c(=O)n(Cc4ccc(F)cc4)c(=O)n(C)c3nc2n1Cc1ccco1. The topological polar surface area (TPSA) is 79.4 Å². The Morgan fingerprint density at radius 3 is 2.42 bits per heavy atom. The van der Waals surface area contributed by atoms with E-state index in [9.17, 15) is 14.0 Å². The Balaban J connectivity index is 1.77. The van der Waals surface area contributed by atoms with E-state index in [1.807, 2.05) is 30.5 Å². The first-order valence-corrected chi connectivity index (χ1v) is 9.81. The Bertz CT molecular complexity index is 1550. The Labute approximate surface area is 175 Å². The molecule has 0 bridgehead atoms. The van der Waals surface area contributed by atoms with Crippen LogP contribution in [-0.2, 0) is 20.1 Å². The van der Waals surface area contributed by atoms with Crippen molar-refractivity contribution in [2.45, 2.75) is 26.9 Å². The van der Waals surface area contributed by atoms with Crippen LogP contribution in [-0.4, -0.2) is 23.1 Å². The number of furan rings is 1. The zero-order valence-corrected chi connectivity index (χ0v) is 17.3. The summed E-state index contributed by atoms with van der Waals surface area (Å²) in [6, 6.07) is 9.43. The van der Waals surface area contributed by atoms with Gasteiger partial charge in [0.1, 0.15) is 11.6 Å². The van der Waals surface area contributed by atoms with E-state index in [1.54, 1.807) is 29.8 Å². The van der Waals surface area contributed by atoms with Gasteiger partial charge in [-0.05, 0) is 43.7 Å². The minimum absolute atomic E-state index is 0.0418. The van der Waals surface area contributed by atoms with E-state index in [1.165, 1.54) is 16.7 Å². The summed E-state index contributed by atoms with van der Waals surface area (Å²) in [6.07, 6.45) is 1.61. The van der Waals surface area contributed by atoms with Gasteiger partial charge in [-0.25, -0.2) is 9.18 Å². The van der Waals surface area contributed by atoms with Crippen LogP contribution in [0.4, 0.5) is 4.39 Å². The lowest BCUT2D eigenvalue weighted by Crippen LogP contribution is -2.39. The maximum Gasteiger partial charge on any atom is 0.332 e. The van der Waals surface area contributed by atoms with Crippen molar-refractivity contribution in [3.05, 3.63) is 92.0 Å². The third-order valence-electron chi connectivity index (χ3n) is 5.78. The first kappa shape index (κ1) is 19.1. The van der Waals surface area contributed by atoms with Crippen molar-refractivity contribution in [2.24, 2.45) is 7.05 Å². The highest BCUT2D eigenvalue weighted by atomic mass is 19.1. The molecule has 1 aromatic carbocycles. The van der Waals surface area contributed by atoms with Gasteiger partial charge in [0.05, 0.1) is 19.4 Å². The van der Waals surface area contributed by atoms with Gasteiger partial charge < -0.3 is 8.98 Å². The molecule has 0 saturated carbocycles. The molecule has 9 heteroatoms. The van der Waals surface area contributed by atoms with Crippen molar-refractivity contribution in [1.82, 2.24) is 23.1 Å². The number of benzene rings is 1. The van der Waals surface area contributed by atoms with Crippen LogP contribution in [0.15, 0.2) is 56.7 Å². The normalized spacial score (nSPS) is 11.7. The second-order valence-corrected chi connectivity index (χ2v) is 7.62. The van der Waals surface area contributed by atoms with Gasteiger partial charge in [0.15, 0.2) is 11.2 Å². The van der Waals surface area contributed by atoms with Gasteiger partial charge in [-0.1, -0.05) is 12.1 Å². The van der Waals surface area contributed by atoms with Crippen LogP contribution in [0.2, 0.25) is 0 Å². The Morgan fingerprint density at radius 1 is 1.00 bits per heavy atom. The molecule has 158 valence electrons. The van der Waals surface area contributed by atoms with E-state index < -0.39 is 11.2 Å². The number of halogens is 1. The van der Waals surface area contributed by atoms with Crippen molar-refractivity contribution < 1.29 is 8.81 Å². The Hall–Kier alpha value is -3.88. The van der Waals surface area contributed by atoms with Crippen molar-refractivity contribution in [1.29, 1.82) is 0 Å². The largest absolute Gasteiger partial charge is 0.467 e. The van der Waals surface area contributed by atoms with Gasteiger partial charge in [-0.2, -0.15) is 4.98 Å². The first-order chi connectivity index (χ1) is 14.9. The average Bonchev–Trinajstić information content (AvgIpc) is 3.46. The Kier molecular flexibility index (Phi) is 4.21. The second kappa shape index (κ2) is 6.83. The summed E-state index contributed by atoms with van der Waals surface area (Å²) in [5.41, 5.74) is 2.19. The molecule has 0 atom stereocenters. The lowest BCUT2D eigenvalue weighted by atomic mass is 10.2. The van der Waals surface area contributed by atoms with Crippen LogP contribution >= 0.6 is 0 Å². The van der Waals surface area contributed by atoms with Crippen LogP contribution in [0.25, 0.3) is 16.9 Å². The summed E-state index contributed by atoms with van der Waals surface area (Å²) in [5, 5.41) is 0. The number of aromatic nitrogens is 5. The monoisotopic (exact) mass is 421 g/mol. The molecule has 0 N–H and O–H groups in total. The summed E-state index contributed by atoms with van der Waals surface area (Å²) < 4.78 is 25.0. The number of rotatable bonds is 4. The minimum Gasteiger partial charge on any atom is -0.467 e. The predicted octanol–water partition coefficient (Wildman–Crippen LogP) is 2.59. The third-order valence-corrected chi connectivity index (χ3v) is 5.78. The van der Waals surface area contributed by atoms with E-state index in [4.69, 9.17) is 4.42 Å². The van der Waals surface area contributed by atoms with Gasteiger partial charge in [-0.3, -0.25) is 18.3 Å². The summed E-state index contributed by atoms with van der Waals surface area (Å²) in [7, 11) is 1.59. The highest BCUT2D eigenvalue weighted by Crippen LogP contribution is 2.22. The molecule has 0 spiro atoms. The minimum atomic E-state index is -0.477. The fraction of sp³-hybridized carbons (Fsp3) is 0.227. The smallest absolute Gasteiger partial charge is 0.332 e. The zero-order chi connectivity index (χ0) is 21.9. The number of nitrogens with zero attached hydrogens (tertiary/aromatic N) is 5. The molecule has 0 aliphatic rings. The average molecular weight is 421 g/mol. The maximum absolute atomic E-state index is 13.4. The van der Waals surface area contributed by atoms with Gasteiger partial charge in [0.25, 0.3) is 5.56 Å². The van der Waals surface area contributed by atoms with Crippen molar-refractivity contribution in [3.63, 3.8) is 0 Å². The molecule has 0 unspecified atom stereocenters. The molecule has 5 aromatic rings. The van der Waals surface area contributed by atoms with Crippen LogP contribution in [0.3, 0.4) is 0 Å². The molecular formula is C22H20FN5O3. The molecule has 8 nitrogen and oxygen atoms in total. The highest BCUT2D eigenvalue weighted by Gasteiger charge is 2.23. The molecule has 5 rings (SSSR count). The summed E-state index contributed by atoms with van der Waals surface area (Å²) >= 11 is 0. The van der Waals surface area contributed by atoms with E-state index in [-0.39, 0.29) is 12.4 Å². The summed E-state index contributed by atoms with van der Waals surface area (Å²) in [6.45, 7) is 4.37. The molecule has 0 saturated heterocycles. The molecular weight excluding hydrogens is 401 g/mol. The highest BCUT2D eigenvalue weighted by molar-refractivity contribution is 5.76. The number of aryl methyl sites for hydroxylation is 2. The number of hydrogen-bond donors (Lipinski definition) is 0. The van der Waals surface area contributed by atoms with Crippen molar-refractivity contribution in [2.75, 3.05) is 0 Å². The quantitative estimate of drug-likeness (QED) is 0.447. The number of imidazole rings is 2. The molecule has 0 fully saturated rings.